The molecule has 6 rings (SSSR count). The third-order valence-electron chi connectivity index (χ3n) is 9.93. The first kappa shape index (κ1) is 19.0. The van der Waals surface area contributed by atoms with Gasteiger partial charge in [0.25, 0.3) is 0 Å². The Hall–Kier alpha value is -1.68. The Kier molecular flexibility index (Phi) is 3.92. The summed E-state index contributed by atoms with van der Waals surface area (Å²) in [6, 6.07) is 4.29. The highest BCUT2D eigenvalue weighted by Gasteiger charge is 2.76. The van der Waals surface area contributed by atoms with E-state index in [1.165, 1.54) is 43.7 Å². The van der Waals surface area contributed by atoms with Crippen LogP contribution in [0.25, 0.3) is 5.57 Å². The number of allylic oxidation sites excluding steroid dienone is 2. The first-order valence-electron chi connectivity index (χ1n) is 11.8. The summed E-state index contributed by atoms with van der Waals surface area (Å²) in [7, 11) is 0. The number of epoxide rings is 1. The largest absolute Gasteiger partial charge is 0.462 e. The molecule has 4 aliphatic carbocycles. The Balaban J connectivity index is 1.28. The molecule has 4 fully saturated rings. The van der Waals surface area contributed by atoms with Gasteiger partial charge in [-0.15, -0.1) is 0 Å². The van der Waals surface area contributed by atoms with Crippen molar-refractivity contribution in [2.75, 3.05) is 0 Å². The fourth-order valence-corrected chi connectivity index (χ4v) is 8.51. The maximum absolute atomic E-state index is 11.5. The average Bonchev–Trinajstić information content (AvgIpc) is 3.29. The minimum atomic E-state index is -0.153. The molecule has 4 nitrogen and oxygen atoms in total. The first-order valence-corrected chi connectivity index (χ1v) is 11.8. The zero-order valence-corrected chi connectivity index (χ0v) is 18.4. The van der Waals surface area contributed by atoms with Crippen LogP contribution in [0.1, 0.15) is 71.3 Å². The molecule has 30 heavy (non-hydrogen) atoms. The second kappa shape index (κ2) is 6.18. The van der Waals surface area contributed by atoms with Crippen molar-refractivity contribution >= 4 is 11.5 Å². The molecule has 0 N–H and O–H groups in total. The fourth-order valence-electron chi connectivity index (χ4n) is 8.51. The quantitative estimate of drug-likeness (QED) is 0.501. The Labute approximate surface area is 179 Å². The number of pyridine rings is 1. The van der Waals surface area contributed by atoms with Gasteiger partial charge in [0.2, 0.25) is 0 Å². The van der Waals surface area contributed by atoms with Gasteiger partial charge in [0.1, 0.15) is 11.7 Å². The van der Waals surface area contributed by atoms with E-state index in [2.05, 4.69) is 37.0 Å². The van der Waals surface area contributed by atoms with Gasteiger partial charge in [-0.25, -0.2) is 0 Å². The zero-order valence-electron chi connectivity index (χ0n) is 18.4. The summed E-state index contributed by atoms with van der Waals surface area (Å²) >= 11 is 0. The van der Waals surface area contributed by atoms with E-state index >= 15 is 0 Å². The molecule has 0 aromatic carbocycles. The number of nitrogens with zero attached hydrogens (tertiary/aromatic N) is 1. The molecule has 0 amide bonds. The highest BCUT2D eigenvalue weighted by Crippen LogP contribution is 2.74. The third-order valence-corrected chi connectivity index (χ3v) is 9.93. The summed E-state index contributed by atoms with van der Waals surface area (Å²) in [5, 5.41) is 0. The highest BCUT2D eigenvalue weighted by molar-refractivity contribution is 5.72. The lowest BCUT2D eigenvalue weighted by molar-refractivity contribution is -0.156. The molecular weight excluding hydrogens is 374 g/mol. The maximum Gasteiger partial charge on any atom is 0.302 e. The number of carbonyl (C=O) groups is 1. The Morgan fingerprint density at radius 1 is 1.23 bits per heavy atom. The van der Waals surface area contributed by atoms with Crippen molar-refractivity contribution in [1.29, 1.82) is 0 Å². The van der Waals surface area contributed by atoms with Gasteiger partial charge in [-0.05, 0) is 78.9 Å². The van der Waals surface area contributed by atoms with Crippen molar-refractivity contribution in [2.24, 2.45) is 28.6 Å². The van der Waals surface area contributed by atoms with Gasteiger partial charge < -0.3 is 9.47 Å². The van der Waals surface area contributed by atoms with Crippen LogP contribution in [0, 0.1) is 28.6 Å². The lowest BCUT2D eigenvalue weighted by atomic mass is 9.44. The van der Waals surface area contributed by atoms with Crippen LogP contribution in [-0.2, 0) is 14.3 Å². The number of esters is 1. The molecule has 3 saturated carbocycles. The fraction of sp³-hybridized carbons (Fsp3) is 0.692. The molecule has 0 bridgehead atoms. The van der Waals surface area contributed by atoms with Crippen molar-refractivity contribution in [1.82, 2.24) is 4.98 Å². The van der Waals surface area contributed by atoms with Crippen molar-refractivity contribution < 1.29 is 14.3 Å². The number of fused-ring (bicyclic) bond motifs is 4. The van der Waals surface area contributed by atoms with E-state index in [9.17, 15) is 4.79 Å². The number of hydrogen-bond donors (Lipinski definition) is 0. The summed E-state index contributed by atoms with van der Waals surface area (Å²) in [5.41, 5.74) is 3.26. The van der Waals surface area contributed by atoms with Crippen LogP contribution in [0.5, 0.6) is 0 Å². The maximum atomic E-state index is 11.5. The second-order valence-electron chi connectivity index (χ2n) is 11.1. The van der Waals surface area contributed by atoms with E-state index in [1.54, 1.807) is 0 Å². The topological polar surface area (TPSA) is 51.7 Å². The van der Waals surface area contributed by atoms with Crippen LogP contribution in [0.3, 0.4) is 0 Å². The number of aromatic nitrogens is 1. The molecule has 4 heteroatoms. The van der Waals surface area contributed by atoms with Crippen molar-refractivity contribution in [3.63, 3.8) is 0 Å². The van der Waals surface area contributed by atoms with Gasteiger partial charge in [0.05, 0.1) is 6.10 Å². The molecule has 1 aromatic heterocycles. The normalized spacial score (nSPS) is 48.5. The molecule has 160 valence electrons. The molecule has 1 saturated heterocycles. The van der Waals surface area contributed by atoms with Gasteiger partial charge in [0.15, 0.2) is 0 Å². The van der Waals surface area contributed by atoms with E-state index in [4.69, 9.17) is 9.47 Å². The summed E-state index contributed by atoms with van der Waals surface area (Å²) < 4.78 is 12.2. The van der Waals surface area contributed by atoms with Crippen LogP contribution >= 0.6 is 0 Å². The van der Waals surface area contributed by atoms with E-state index in [0.29, 0.717) is 17.9 Å². The Bertz CT molecular complexity index is 912. The average molecular weight is 408 g/mol. The third kappa shape index (κ3) is 2.37. The summed E-state index contributed by atoms with van der Waals surface area (Å²) in [5.74, 6) is 2.00. The number of rotatable bonds is 2. The molecule has 5 aliphatic rings. The second-order valence-corrected chi connectivity index (χ2v) is 11.1. The Morgan fingerprint density at radius 2 is 2.10 bits per heavy atom. The SMILES string of the molecule is CC(=O)O[C@H]1CC[C@]2(C)[C@H]3CC[C@]4(C)C(c5cccnc5)=CC[C@H]4[C@@H]3CC3OC32C1. The van der Waals surface area contributed by atoms with Crippen LogP contribution < -0.4 is 0 Å². The van der Waals surface area contributed by atoms with Crippen LogP contribution in [0.15, 0.2) is 30.6 Å². The highest BCUT2D eigenvalue weighted by atomic mass is 16.6. The van der Waals surface area contributed by atoms with E-state index < -0.39 is 0 Å². The predicted molar refractivity (Wildman–Crippen MR) is 114 cm³/mol. The minimum Gasteiger partial charge on any atom is -0.462 e. The van der Waals surface area contributed by atoms with Crippen LogP contribution in [0.4, 0.5) is 0 Å². The van der Waals surface area contributed by atoms with Crippen molar-refractivity contribution in [3.8, 4) is 0 Å². The van der Waals surface area contributed by atoms with E-state index in [1.807, 2.05) is 12.4 Å². The number of ether oxygens (including phenoxy) is 2. The lowest BCUT2D eigenvalue weighted by Gasteiger charge is -2.59. The zero-order chi connectivity index (χ0) is 20.7. The molecule has 2 heterocycles. The monoisotopic (exact) mass is 407 g/mol. The summed E-state index contributed by atoms with van der Waals surface area (Å²) in [4.78, 5) is 15.9. The standard InChI is InChI=1S/C26H33NO3/c1-16(28)29-18-8-11-25(3)22-9-10-24(2)20(17-5-4-12-27-15-17)6-7-21(24)19(22)13-23-26(25,14-18)30-23/h4-6,12,15,18-19,21-23H,7-11,13-14H2,1-3H3/t18-,19-,21-,22-,23?,24+,25+,26?/m0/s1. The van der Waals surface area contributed by atoms with Gasteiger partial charge in [0, 0.05) is 31.2 Å². The molecule has 1 aromatic rings. The molecule has 2 unspecified atom stereocenters. The number of carbonyl (C=O) groups excluding carboxylic acids is 1. The molecule has 8 atom stereocenters. The summed E-state index contributed by atoms with van der Waals surface area (Å²) in [6.07, 6.45) is 14.7. The van der Waals surface area contributed by atoms with Crippen LogP contribution in [-0.4, -0.2) is 28.8 Å². The molecule has 1 aliphatic heterocycles. The van der Waals surface area contributed by atoms with Crippen LogP contribution in [0.2, 0.25) is 0 Å². The predicted octanol–water partition coefficient (Wildman–Crippen LogP) is 5.18. The van der Waals surface area contributed by atoms with Crippen molar-refractivity contribution in [2.45, 2.75) is 83.5 Å². The lowest BCUT2D eigenvalue weighted by Crippen LogP contribution is -2.58. The smallest absolute Gasteiger partial charge is 0.302 e. The summed E-state index contributed by atoms with van der Waals surface area (Å²) in [6.45, 7) is 6.54. The van der Waals surface area contributed by atoms with Crippen molar-refractivity contribution in [3.05, 3.63) is 36.2 Å². The van der Waals surface area contributed by atoms with Gasteiger partial charge in [-0.3, -0.25) is 9.78 Å². The van der Waals surface area contributed by atoms with E-state index in [0.717, 1.165) is 25.2 Å². The van der Waals surface area contributed by atoms with Gasteiger partial charge in [-0.1, -0.05) is 26.0 Å². The molecule has 1 spiro atoms. The first-order chi connectivity index (χ1) is 14.4. The van der Waals surface area contributed by atoms with E-state index in [-0.39, 0.29) is 28.5 Å². The molecule has 0 radical (unpaired) electrons. The van der Waals surface area contributed by atoms with Gasteiger partial charge in [-0.2, -0.15) is 0 Å². The number of hydrogen-bond acceptors (Lipinski definition) is 4. The van der Waals surface area contributed by atoms with Gasteiger partial charge >= 0.3 is 5.97 Å². The minimum absolute atomic E-state index is 0.0383. The molecular formula is C26H33NO3. The Morgan fingerprint density at radius 3 is 2.87 bits per heavy atom.